The molecule has 2 amide bonds. The number of aromatic nitrogens is 4. The van der Waals surface area contributed by atoms with E-state index in [1.807, 2.05) is 6.07 Å². The van der Waals surface area contributed by atoms with Gasteiger partial charge in [-0.25, -0.2) is 19.3 Å². The highest BCUT2D eigenvalue weighted by atomic mass is 35.5. The average Bonchev–Trinajstić information content (AvgIpc) is 3.19. The molecule has 1 aliphatic heterocycles. The number of amides is 2. The van der Waals surface area contributed by atoms with E-state index in [9.17, 15) is 14.0 Å². The van der Waals surface area contributed by atoms with Crippen molar-refractivity contribution in [1.29, 1.82) is 0 Å². The summed E-state index contributed by atoms with van der Waals surface area (Å²) >= 11 is 5.83. The van der Waals surface area contributed by atoms with Crippen LogP contribution >= 0.6 is 11.6 Å². The summed E-state index contributed by atoms with van der Waals surface area (Å²) in [5.41, 5.74) is 1.51. The van der Waals surface area contributed by atoms with Crippen LogP contribution in [-0.4, -0.2) is 31.6 Å². The molecule has 1 aliphatic rings. The second kappa shape index (κ2) is 6.18. The van der Waals surface area contributed by atoms with Crippen molar-refractivity contribution >= 4 is 40.1 Å². The second-order valence-corrected chi connectivity index (χ2v) is 6.88. The van der Waals surface area contributed by atoms with Crippen molar-refractivity contribution in [3.05, 3.63) is 76.5 Å². The van der Waals surface area contributed by atoms with Crippen LogP contribution in [0.2, 0.25) is 5.02 Å². The Morgan fingerprint density at radius 3 is 2.62 bits per heavy atom. The number of pyridine rings is 2. The lowest BCUT2D eigenvalue weighted by Crippen LogP contribution is -2.29. The number of rotatable bonds is 2. The SMILES string of the molecule is Cc1nn(-c2ccccn2)c2ncc3c(c12)C(=O)N(c1ccc(F)c(Cl)c1)C3=O. The van der Waals surface area contributed by atoms with Gasteiger partial charge in [-0.15, -0.1) is 0 Å². The summed E-state index contributed by atoms with van der Waals surface area (Å²) in [7, 11) is 0. The van der Waals surface area contributed by atoms with Crippen LogP contribution in [-0.2, 0) is 0 Å². The van der Waals surface area contributed by atoms with E-state index < -0.39 is 17.6 Å². The van der Waals surface area contributed by atoms with E-state index in [1.54, 1.807) is 25.3 Å². The Balaban J connectivity index is 1.72. The number of hydrogen-bond acceptors (Lipinski definition) is 5. The normalized spacial score (nSPS) is 13.4. The molecule has 4 heterocycles. The van der Waals surface area contributed by atoms with Gasteiger partial charge in [-0.2, -0.15) is 9.78 Å². The third kappa shape index (κ3) is 2.46. The first-order valence-electron chi connectivity index (χ1n) is 8.61. The van der Waals surface area contributed by atoms with Crippen molar-refractivity contribution < 1.29 is 14.0 Å². The maximum atomic E-state index is 13.5. The first kappa shape index (κ1) is 17.4. The number of carbonyl (C=O) groups is 2. The summed E-state index contributed by atoms with van der Waals surface area (Å²) in [6.45, 7) is 1.74. The molecule has 4 aromatic rings. The number of nitrogens with zero attached hydrogens (tertiary/aromatic N) is 5. The fourth-order valence-electron chi connectivity index (χ4n) is 3.46. The van der Waals surface area contributed by atoms with E-state index in [2.05, 4.69) is 15.1 Å². The van der Waals surface area contributed by atoms with Crippen LogP contribution in [0.1, 0.15) is 26.4 Å². The Morgan fingerprint density at radius 1 is 1.07 bits per heavy atom. The summed E-state index contributed by atoms with van der Waals surface area (Å²) in [5.74, 6) is -1.18. The van der Waals surface area contributed by atoms with E-state index in [0.717, 1.165) is 11.0 Å². The van der Waals surface area contributed by atoms with E-state index in [1.165, 1.54) is 23.0 Å². The molecule has 9 heteroatoms. The lowest BCUT2D eigenvalue weighted by atomic mass is 10.1. The van der Waals surface area contributed by atoms with Crippen molar-refractivity contribution in [2.75, 3.05) is 4.90 Å². The number of imide groups is 1. The number of halogens is 2. The molecule has 0 saturated carbocycles. The van der Waals surface area contributed by atoms with Gasteiger partial charge in [-0.1, -0.05) is 17.7 Å². The molecule has 0 aliphatic carbocycles. The molecular formula is C20H11ClFN5O2. The second-order valence-electron chi connectivity index (χ2n) is 6.47. The fraction of sp³-hybridized carbons (Fsp3) is 0.0500. The average molecular weight is 408 g/mol. The predicted molar refractivity (Wildman–Crippen MR) is 104 cm³/mol. The minimum atomic E-state index is -0.636. The molecule has 1 aromatic carbocycles. The summed E-state index contributed by atoms with van der Waals surface area (Å²) in [4.78, 5) is 35.7. The first-order chi connectivity index (χ1) is 14.0. The Labute approximate surface area is 168 Å². The number of benzene rings is 1. The van der Waals surface area contributed by atoms with Crippen LogP contribution < -0.4 is 4.90 Å². The van der Waals surface area contributed by atoms with Crippen LogP contribution in [0.5, 0.6) is 0 Å². The summed E-state index contributed by atoms with van der Waals surface area (Å²) in [6, 6.07) is 9.04. The van der Waals surface area contributed by atoms with E-state index in [4.69, 9.17) is 11.6 Å². The lowest BCUT2D eigenvalue weighted by Gasteiger charge is -2.14. The zero-order valence-electron chi connectivity index (χ0n) is 14.9. The summed E-state index contributed by atoms with van der Waals surface area (Å²) < 4.78 is 15.0. The van der Waals surface area contributed by atoms with Gasteiger partial charge < -0.3 is 0 Å². The van der Waals surface area contributed by atoms with E-state index in [0.29, 0.717) is 22.5 Å². The maximum absolute atomic E-state index is 13.5. The predicted octanol–water partition coefficient (Wildman–Crippen LogP) is 3.72. The van der Waals surface area contributed by atoms with Crippen LogP contribution in [0.4, 0.5) is 10.1 Å². The molecule has 0 bridgehead atoms. The first-order valence-corrected chi connectivity index (χ1v) is 8.98. The monoisotopic (exact) mass is 407 g/mol. The van der Waals surface area contributed by atoms with Crippen LogP contribution in [0.25, 0.3) is 16.9 Å². The summed E-state index contributed by atoms with van der Waals surface area (Å²) in [6.07, 6.45) is 2.98. The van der Waals surface area contributed by atoms with Crippen molar-refractivity contribution in [2.24, 2.45) is 0 Å². The smallest absolute Gasteiger partial charge is 0.267 e. The number of fused-ring (bicyclic) bond motifs is 3. The number of carbonyl (C=O) groups excluding carboxylic acids is 2. The van der Waals surface area contributed by atoms with E-state index >= 15 is 0 Å². The number of anilines is 1. The lowest BCUT2D eigenvalue weighted by molar-refractivity contribution is 0.0926. The van der Waals surface area contributed by atoms with Gasteiger partial charge >= 0.3 is 0 Å². The van der Waals surface area contributed by atoms with Crippen molar-refractivity contribution in [2.45, 2.75) is 6.92 Å². The molecule has 0 saturated heterocycles. The highest BCUT2D eigenvalue weighted by Crippen LogP contribution is 2.35. The molecule has 5 rings (SSSR count). The summed E-state index contributed by atoms with van der Waals surface area (Å²) in [5, 5.41) is 4.75. The Hall–Kier alpha value is -3.65. The Bertz CT molecular complexity index is 1340. The zero-order valence-corrected chi connectivity index (χ0v) is 15.7. The van der Waals surface area contributed by atoms with Crippen LogP contribution in [0.15, 0.2) is 48.8 Å². The zero-order chi connectivity index (χ0) is 20.3. The molecule has 29 heavy (non-hydrogen) atoms. The van der Waals surface area contributed by atoms with Crippen molar-refractivity contribution in [3.8, 4) is 5.82 Å². The molecule has 0 spiro atoms. The van der Waals surface area contributed by atoms with Gasteiger partial charge in [0.2, 0.25) is 0 Å². The van der Waals surface area contributed by atoms with Gasteiger partial charge in [0.1, 0.15) is 5.82 Å². The van der Waals surface area contributed by atoms with Gasteiger partial charge in [-0.3, -0.25) is 9.59 Å². The third-order valence-corrected chi connectivity index (χ3v) is 5.04. The molecule has 0 unspecified atom stereocenters. The molecule has 3 aromatic heterocycles. The number of hydrogen-bond donors (Lipinski definition) is 0. The minimum absolute atomic E-state index is 0.159. The van der Waals surface area contributed by atoms with Gasteiger partial charge in [-0.05, 0) is 37.3 Å². The number of aryl methyl sites for hydroxylation is 1. The van der Waals surface area contributed by atoms with Crippen LogP contribution in [0.3, 0.4) is 0 Å². The molecule has 0 fully saturated rings. The van der Waals surface area contributed by atoms with Crippen molar-refractivity contribution in [3.63, 3.8) is 0 Å². The molecule has 7 nitrogen and oxygen atoms in total. The molecule has 0 N–H and O–H groups in total. The Morgan fingerprint density at radius 2 is 1.90 bits per heavy atom. The molecule has 0 atom stereocenters. The molecular weight excluding hydrogens is 397 g/mol. The molecule has 0 radical (unpaired) electrons. The van der Waals surface area contributed by atoms with Gasteiger partial charge in [0, 0.05) is 12.4 Å². The third-order valence-electron chi connectivity index (χ3n) is 4.75. The highest BCUT2D eigenvalue weighted by molar-refractivity contribution is 6.38. The fourth-order valence-corrected chi connectivity index (χ4v) is 3.63. The van der Waals surface area contributed by atoms with Gasteiger partial charge in [0.05, 0.1) is 32.9 Å². The van der Waals surface area contributed by atoms with Gasteiger partial charge in [0.15, 0.2) is 11.5 Å². The van der Waals surface area contributed by atoms with Crippen molar-refractivity contribution in [1.82, 2.24) is 19.7 Å². The topological polar surface area (TPSA) is 81.0 Å². The largest absolute Gasteiger partial charge is 0.268 e. The quantitative estimate of drug-likeness (QED) is 0.473. The minimum Gasteiger partial charge on any atom is -0.268 e. The highest BCUT2D eigenvalue weighted by Gasteiger charge is 2.40. The standard InChI is InChI=1S/C20H11ClFN5O2/c1-10-16-17-12(9-24-18(16)27(25-10)15-4-2-3-7-23-15)19(28)26(20(17)29)11-5-6-14(22)13(21)8-11/h2-9H,1H3. The molecule has 142 valence electrons. The van der Waals surface area contributed by atoms with Gasteiger partial charge in [0.25, 0.3) is 11.8 Å². The van der Waals surface area contributed by atoms with Crippen LogP contribution in [0, 0.1) is 12.7 Å². The Kier molecular flexibility index (Phi) is 3.72. The maximum Gasteiger partial charge on any atom is 0.267 e. The van der Waals surface area contributed by atoms with E-state index in [-0.39, 0.29) is 21.8 Å².